The van der Waals surface area contributed by atoms with Crippen molar-refractivity contribution in [2.75, 3.05) is 0 Å². The van der Waals surface area contributed by atoms with Crippen molar-refractivity contribution >= 4 is 32.8 Å². The molecule has 3 aromatic heterocycles. The molecule has 0 aliphatic carbocycles. The maximum Gasteiger partial charge on any atom is 0.250 e. The van der Waals surface area contributed by atoms with Crippen molar-refractivity contribution in [1.29, 1.82) is 0 Å². The highest BCUT2D eigenvalue weighted by Gasteiger charge is 2.28. The second-order valence-corrected chi connectivity index (χ2v) is 15.7. The van der Waals surface area contributed by atoms with E-state index < -0.39 is 0 Å². The zero-order valence-corrected chi connectivity index (χ0v) is 29.1. The third-order valence-corrected chi connectivity index (χ3v) is 9.12. The van der Waals surface area contributed by atoms with Crippen molar-refractivity contribution in [2.24, 2.45) is 0 Å². The quantitative estimate of drug-likeness (QED) is 0.183. The van der Waals surface area contributed by atoms with E-state index in [9.17, 15) is 0 Å². The second kappa shape index (κ2) is 10.8. The Balaban J connectivity index is 1.39. The van der Waals surface area contributed by atoms with E-state index in [2.05, 4.69) is 179 Å². The predicted molar refractivity (Wildman–Crippen MR) is 195 cm³/mol. The topological polar surface area (TPSA) is 35.9 Å². The Labute approximate surface area is 278 Å². The lowest BCUT2D eigenvalue weighted by Crippen LogP contribution is -2.49. The molecular formula is C42H45N4O+. The summed E-state index contributed by atoms with van der Waals surface area (Å²) >= 11 is 0. The van der Waals surface area contributed by atoms with Gasteiger partial charge < -0.3 is 4.74 Å². The summed E-state index contributed by atoms with van der Waals surface area (Å²) < 4.78 is 13.8. The molecule has 0 radical (unpaired) electrons. The fraction of sp³-hybridized carbons (Fsp3) is 0.286. The summed E-state index contributed by atoms with van der Waals surface area (Å²) in [5, 5.41) is 2.37. The SMILES string of the molecule is CC(C)(C)c1ccnc(-n2c3ccccc3c3ccc(Oc4cc(-n5c[n+](C(C)(C)C)c6ccccc65)ccc4C(C)(C)C)cc32)c1. The van der Waals surface area contributed by atoms with Gasteiger partial charge in [-0.05, 0) is 85.7 Å². The number of hydrogen-bond donors (Lipinski definition) is 0. The molecule has 238 valence electrons. The Morgan fingerprint density at radius 2 is 1.34 bits per heavy atom. The van der Waals surface area contributed by atoms with Gasteiger partial charge in [0.2, 0.25) is 6.33 Å². The second-order valence-electron chi connectivity index (χ2n) is 15.7. The number of pyridine rings is 1. The van der Waals surface area contributed by atoms with Crippen LogP contribution < -0.4 is 9.30 Å². The lowest BCUT2D eigenvalue weighted by atomic mass is 9.86. The fourth-order valence-electron chi connectivity index (χ4n) is 6.61. The first-order valence-corrected chi connectivity index (χ1v) is 16.6. The lowest BCUT2D eigenvalue weighted by Gasteiger charge is -2.23. The van der Waals surface area contributed by atoms with Gasteiger partial charge in [0, 0.05) is 34.7 Å². The highest BCUT2D eigenvalue weighted by Crippen LogP contribution is 2.39. The smallest absolute Gasteiger partial charge is 0.250 e. The van der Waals surface area contributed by atoms with Gasteiger partial charge in [0.05, 0.1) is 11.0 Å². The van der Waals surface area contributed by atoms with Crippen molar-refractivity contribution in [3.05, 3.63) is 121 Å². The van der Waals surface area contributed by atoms with Crippen LogP contribution in [0.5, 0.6) is 11.5 Å². The summed E-state index contributed by atoms with van der Waals surface area (Å²) in [6.07, 6.45) is 4.13. The molecule has 7 rings (SSSR count). The zero-order valence-electron chi connectivity index (χ0n) is 29.1. The molecular weight excluding hydrogens is 576 g/mol. The average molecular weight is 622 g/mol. The van der Waals surface area contributed by atoms with Crippen LogP contribution in [-0.2, 0) is 16.4 Å². The maximum atomic E-state index is 6.90. The summed E-state index contributed by atoms with van der Waals surface area (Å²) in [7, 11) is 0. The molecule has 5 heteroatoms. The molecule has 0 saturated heterocycles. The van der Waals surface area contributed by atoms with E-state index in [4.69, 9.17) is 9.72 Å². The third-order valence-electron chi connectivity index (χ3n) is 9.12. The minimum atomic E-state index is -0.117. The van der Waals surface area contributed by atoms with E-state index in [1.165, 1.54) is 21.9 Å². The number of fused-ring (bicyclic) bond motifs is 4. The number of rotatable bonds is 4. The maximum absolute atomic E-state index is 6.90. The van der Waals surface area contributed by atoms with Crippen molar-refractivity contribution in [3.63, 3.8) is 0 Å². The van der Waals surface area contributed by atoms with Gasteiger partial charge in [-0.3, -0.25) is 4.57 Å². The van der Waals surface area contributed by atoms with Gasteiger partial charge in [-0.2, -0.15) is 4.57 Å². The third kappa shape index (κ3) is 5.48. The molecule has 3 heterocycles. The number of ether oxygens (including phenoxy) is 1. The van der Waals surface area contributed by atoms with Crippen LogP contribution in [0.3, 0.4) is 0 Å². The summed E-state index contributed by atoms with van der Waals surface area (Å²) in [4.78, 5) is 4.86. The Morgan fingerprint density at radius 1 is 0.638 bits per heavy atom. The van der Waals surface area contributed by atoms with Crippen LogP contribution in [0, 0.1) is 0 Å². The van der Waals surface area contributed by atoms with Gasteiger partial charge in [-0.25, -0.2) is 9.55 Å². The summed E-state index contributed by atoms with van der Waals surface area (Å²) in [5.74, 6) is 2.55. The normalized spacial score (nSPS) is 12.8. The number of nitrogens with zero attached hydrogens (tertiary/aromatic N) is 4. The molecule has 5 nitrogen and oxygen atoms in total. The molecule has 7 aromatic rings. The van der Waals surface area contributed by atoms with E-state index >= 15 is 0 Å². The molecule has 47 heavy (non-hydrogen) atoms. The van der Waals surface area contributed by atoms with Crippen LogP contribution in [0.4, 0.5) is 0 Å². The first-order valence-electron chi connectivity index (χ1n) is 16.6. The molecule has 0 N–H and O–H groups in total. The molecule has 4 aromatic carbocycles. The van der Waals surface area contributed by atoms with Gasteiger partial charge in [0.25, 0.3) is 0 Å². The fourth-order valence-corrected chi connectivity index (χ4v) is 6.61. The Morgan fingerprint density at radius 3 is 2.06 bits per heavy atom. The highest BCUT2D eigenvalue weighted by atomic mass is 16.5. The predicted octanol–water partition coefficient (Wildman–Crippen LogP) is 10.6. The van der Waals surface area contributed by atoms with E-state index in [0.717, 1.165) is 45.1 Å². The zero-order chi connectivity index (χ0) is 33.3. The van der Waals surface area contributed by atoms with Crippen LogP contribution in [0.25, 0.3) is 44.3 Å². The van der Waals surface area contributed by atoms with Gasteiger partial charge in [0.15, 0.2) is 11.0 Å². The molecule has 0 aliphatic rings. The highest BCUT2D eigenvalue weighted by molar-refractivity contribution is 6.09. The Kier molecular flexibility index (Phi) is 7.09. The minimum absolute atomic E-state index is 0.0102. The molecule has 0 spiro atoms. The number of para-hydroxylation sites is 3. The van der Waals surface area contributed by atoms with Crippen molar-refractivity contribution in [3.8, 4) is 23.0 Å². The number of aromatic nitrogens is 4. The van der Waals surface area contributed by atoms with Crippen LogP contribution in [0.15, 0.2) is 110 Å². The number of imidazole rings is 1. The molecule has 0 saturated carbocycles. The minimum Gasteiger partial charge on any atom is -0.457 e. The van der Waals surface area contributed by atoms with Gasteiger partial charge >= 0.3 is 0 Å². The van der Waals surface area contributed by atoms with E-state index in [-0.39, 0.29) is 16.4 Å². The monoisotopic (exact) mass is 621 g/mol. The van der Waals surface area contributed by atoms with Crippen LogP contribution in [-0.4, -0.2) is 14.1 Å². The average Bonchev–Trinajstić information content (AvgIpc) is 3.57. The van der Waals surface area contributed by atoms with Gasteiger partial charge in [-0.1, -0.05) is 77.9 Å². The Hall–Kier alpha value is -4.90. The van der Waals surface area contributed by atoms with Gasteiger partial charge in [0.1, 0.15) is 28.5 Å². The molecule has 0 unspecified atom stereocenters. The summed E-state index contributed by atoms with van der Waals surface area (Å²) in [5.41, 5.74) is 7.85. The lowest BCUT2D eigenvalue weighted by molar-refractivity contribution is -0.731. The molecule has 0 fully saturated rings. The number of benzene rings is 4. The van der Waals surface area contributed by atoms with E-state index in [1.54, 1.807) is 0 Å². The summed E-state index contributed by atoms with van der Waals surface area (Å²) in [6, 6.07) is 34.5. The Bertz CT molecular complexity index is 2280. The van der Waals surface area contributed by atoms with Crippen LogP contribution in [0.2, 0.25) is 0 Å². The largest absolute Gasteiger partial charge is 0.457 e. The first-order chi connectivity index (χ1) is 22.2. The van der Waals surface area contributed by atoms with Crippen molar-refractivity contribution in [1.82, 2.24) is 14.1 Å². The molecule has 0 atom stereocenters. The van der Waals surface area contributed by atoms with Crippen molar-refractivity contribution < 1.29 is 9.30 Å². The standard InChI is InChI=1S/C42H45N4O/c1-40(2,3)28-22-23-43-39(24-28)46-34-15-11-10-14-31(34)32-20-19-30(26-37(32)46)47-38-25-29(18-21-33(38)41(4,5)6)44-27-45(42(7,8)9)36-17-13-12-16-35(36)44/h10-27H,1-9H3/q+1. The number of hydrogen-bond acceptors (Lipinski definition) is 2. The van der Waals surface area contributed by atoms with Gasteiger partial charge in [-0.15, -0.1) is 0 Å². The molecule has 0 amide bonds. The molecule has 0 aliphatic heterocycles. The van der Waals surface area contributed by atoms with Crippen molar-refractivity contribution in [2.45, 2.75) is 78.7 Å². The van der Waals surface area contributed by atoms with E-state index in [1.807, 2.05) is 6.20 Å². The van der Waals surface area contributed by atoms with E-state index in [0.29, 0.717) is 0 Å². The first kappa shape index (κ1) is 30.7. The van der Waals surface area contributed by atoms with Crippen LogP contribution in [0.1, 0.15) is 73.4 Å². The van der Waals surface area contributed by atoms with Crippen LogP contribution >= 0.6 is 0 Å². The molecule has 0 bridgehead atoms. The summed E-state index contributed by atoms with van der Waals surface area (Å²) in [6.45, 7) is 20.2.